The molecule has 4 aromatic rings. The number of anilines is 1. The molecule has 0 aliphatic rings. The van der Waals surface area contributed by atoms with E-state index in [1.54, 1.807) is 0 Å². The van der Waals surface area contributed by atoms with Gasteiger partial charge in [-0.2, -0.15) is 0 Å². The fourth-order valence-electron chi connectivity index (χ4n) is 3.41. The lowest BCUT2D eigenvalue weighted by Gasteiger charge is -2.15. The molecular weight excluding hydrogens is 330 g/mol. The van der Waals surface area contributed by atoms with Crippen LogP contribution in [0.25, 0.3) is 32.9 Å². The third-order valence-electron chi connectivity index (χ3n) is 4.88. The largest absolute Gasteiger partial charge is 0.383 e. The van der Waals surface area contributed by atoms with Crippen LogP contribution in [0.15, 0.2) is 66.7 Å². The number of rotatable bonds is 5. The molecule has 3 aromatic carbocycles. The molecule has 4 rings (SSSR count). The van der Waals surface area contributed by atoms with Gasteiger partial charge in [-0.25, -0.2) is 4.98 Å². The molecule has 0 unspecified atom stereocenters. The van der Waals surface area contributed by atoms with Crippen molar-refractivity contribution in [1.29, 1.82) is 0 Å². The molecular formula is C24H25N3. The molecule has 0 amide bonds. The Kier molecular flexibility index (Phi) is 4.78. The lowest BCUT2D eigenvalue weighted by molar-refractivity contribution is 0.425. The molecule has 0 spiro atoms. The molecule has 0 aliphatic carbocycles. The molecule has 3 nitrogen and oxygen atoms in total. The Hall–Kier alpha value is -2.91. The predicted molar refractivity (Wildman–Crippen MR) is 116 cm³/mol. The molecule has 0 atom stereocenters. The van der Waals surface area contributed by atoms with Crippen LogP contribution in [-0.4, -0.2) is 37.1 Å². The van der Waals surface area contributed by atoms with E-state index in [1.165, 1.54) is 16.3 Å². The minimum atomic E-state index is 0.900. The Bertz CT molecular complexity index is 1100. The van der Waals surface area contributed by atoms with Gasteiger partial charge in [-0.05, 0) is 50.0 Å². The van der Waals surface area contributed by atoms with Crippen LogP contribution in [-0.2, 0) is 0 Å². The van der Waals surface area contributed by atoms with Crippen molar-refractivity contribution in [2.24, 2.45) is 0 Å². The van der Waals surface area contributed by atoms with E-state index in [0.717, 1.165) is 40.9 Å². The normalized spacial score (nSPS) is 11.4. The van der Waals surface area contributed by atoms with E-state index < -0.39 is 0 Å². The standard InChI is InChI=1S/C24H25N3/c1-17-8-9-19-15-20(11-10-18(19)14-17)23-16-24(25-12-13-27(2)3)21-6-4-5-7-22(21)26-23/h4-11,14-16H,12-13H2,1-3H3,(H,25,26). The van der Waals surface area contributed by atoms with Gasteiger partial charge in [0.1, 0.15) is 0 Å². The van der Waals surface area contributed by atoms with Crippen molar-refractivity contribution in [3.8, 4) is 11.3 Å². The fourth-order valence-corrected chi connectivity index (χ4v) is 3.41. The van der Waals surface area contributed by atoms with Gasteiger partial charge in [0.15, 0.2) is 0 Å². The number of hydrogen-bond acceptors (Lipinski definition) is 3. The summed E-state index contributed by atoms with van der Waals surface area (Å²) in [6, 6.07) is 23.7. The first-order valence-electron chi connectivity index (χ1n) is 9.39. The molecule has 136 valence electrons. The number of pyridine rings is 1. The van der Waals surface area contributed by atoms with E-state index in [2.05, 4.69) is 91.9 Å². The lowest BCUT2D eigenvalue weighted by Crippen LogP contribution is -2.20. The smallest absolute Gasteiger partial charge is 0.0730 e. The van der Waals surface area contributed by atoms with Gasteiger partial charge in [0.2, 0.25) is 0 Å². The zero-order valence-corrected chi connectivity index (χ0v) is 16.2. The maximum atomic E-state index is 4.92. The zero-order valence-electron chi connectivity index (χ0n) is 16.2. The van der Waals surface area contributed by atoms with Crippen LogP contribution in [0, 0.1) is 6.92 Å². The van der Waals surface area contributed by atoms with Gasteiger partial charge in [0.05, 0.1) is 11.2 Å². The van der Waals surface area contributed by atoms with Crippen molar-refractivity contribution in [2.45, 2.75) is 6.92 Å². The molecule has 0 saturated carbocycles. The summed E-state index contributed by atoms with van der Waals surface area (Å²) >= 11 is 0. The first-order chi connectivity index (χ1) is 13.1. The van der Waals surface area contributed by atoms with Gasteiger partial charge in [-0.3, -0.25) is 0 Å². The molecule has 0 fully saturated rings. The van der Waals surface area contributed by atoms with Crippen molar-refractivity contribution >= 4 is 27.4 Å². The van der Waals surface area contributed by atoms with Crippen molar-refractivity contribution in [3.63, 3.8) is 0 Å². The summed E-state index contributed by atoms with van der Waals surface area (Å²) in [6.45, 7) is 4.02. The van der Waals surface area contributed by atoms with Crippen LogP contribution >= 0.6 is 0 Å². The lowest BCUT2D eigenvalue weighted by atomic mass is 10.0. The maximum Gasteiger partial charge on any atom is 0.0730 e. The summed E-state index contributed by atoms with van der Waals surface area (Å²) in [5.74, 6) is 0. The van der Waals surface area contributed by atoms with Crippen molar-refractivity contribution < 1.29 is 0 Å². The molecule has 1 aromatic heterocycles. The van der Waals surface area contributed by atoms with Gasteiger partial charge < -0.3 is 10.2 Å². The molecule has 1 heterocycles. The van der Waals surface area contributed by atoms with E-state index in [1.807, 2.05) is 6.07 Å². The molecule has 27 heavy (non-hydrogen) atoms. The monoisotopic (exact) mass is 355 g/mol. The average molecular weight is 355 g/mol. The van der Waals surface area contributed by atoms with Crippen LogP contribution in [0.5, 0.6) is 0 Å². The van der Waals surface area contributed by atoms with Crippen molar-refractivity contribution in [1.82, 2.24) is 9.88 Å². The highest BCUT2D eigenvalue weighted by molar-refractivity contribution is 5.95. The number of aryl methyl sites for hydroxylation is 1. The van der Waals surface area contributed by atoms with E-state index in [9.17, 15) is 0 Å². The summed E-state index contributed by atoms with van der Waals surface area (Å²) in [4.78, 5) is 7.11. The van der Waals surface area contributed by atoms with E-state index in [4.69, 9.17) is 4.98 Å². The zero-order chi connectivity index (χ0) is 18.8. The Morgan fingerprint density at radius 2 is 1.67 bits per heavy atom. The van der Waals surface area contributed by atoms with E-state index >= 15 is 0 Å². The number of nitrogens with one attached hydrogen (secondary N) is 1. The first-order valence-corrected chi connectivity index (χ1v) is 9.39. The summed E-state index contributed by atoms with van der Waals surface area (Å²) in [5, 5.41) is 7.27. The first kappa shape index (κ1) is 17.5. The highest BCUT2D eigenvalue weighted by Gasteiger charge is 2.08. The molecule has 0 aliphatic heterocycles. The Labute approximate surface area is 160 Å². The van der Waals surface area contributed by atoms with Gasteiger partial charge in [-0.1, -0.05) is 54.1 Å². The predicted octanol–water partition coefficient (Wildman–Crippen LogP) is 5.34. The second-order valence-corrected chi connectivity index (χ2v) is 7.37. The summed E-state index contributed by atoms with van der Waals surface area (Å²) in [5.41, 5.74) is 5.59. The van der Waals surface area contributed by atoms with Crippen molar-refractivity contribution in [3.05, 3.63) is 72.3 Å². The molecule has 1 N–H and O–H groups in total. The number of benzene rings is 3. The van der Waals surface area contributed by atoms with Crippen LogP contribution in [0.3, 0.4) is 0 Å². The second-order valence-electron chi connectivity index (χ2n) is 7.37. The van der Waals surface area contributed by atoms with Gasteiger partial charge in [-0.15, -0.1) is 0 Å². The fraction of sp³-hybridized carbons (Fsp3) is 0.208. The number of hydrogen-bond donors (Lipinski definition) is 1. The minimum Gasteiger partial charge on any atom is -0.383 e. The third kappa shape index (κ3) is 3.79. The van der Waals surface area contributed by atoms with E-state index in [-0.39, 0.29) is 0 Å². The van der Waals surface area contributed by atoms with Gasteiger partial charge in [0, 0.05) is 29.7 Å². The number of aromatic nitrogens is 1. The molecule has 3 heteroatoms. The third-order valence-corrected chi connectivity index (χ3v) is 4.88. The summed E-state index contributed by atoms with van der Waals surface area (Å²) in [6.07, 6.45) is 0. The number of likely N-dealkylation sites (N-methyl/N-ethyl adjacent to an activating group) is 1. The number of para-hydroxylation sites is 1. The number of nitrogens with zero attached hydrogens (tertiary/aromatic N) is 2. The van der Waals surface area contributed by atoms with Crippen LogP contribution < -0.4 is 5.32 Å². The highest BCUT2D eigenvalue weighted by atomic mass is 15.1. The summed E-state index contributed by atoms with van der Waals surface area (Å²) in [7, 11) is 4.18. The number of fused-ring (bicyclic) bond motifs is 2. The van der Waals surface area contributed by atoms with Gasteiger partial charge in [0.25, 0.3) is 0 Å². The van der Waals surface area contributed by atoms with Crippen LogP contribution in [0.1, 0.15) is 5.56 Å². The highest BCUT2D eigenvalue weighted by Crippen LogP contribution is 2.30. The summed E-state index contributed by atoms with van der Waals surface area (Å²) < 4.78 is 0. The Morgan fingerprint density at radius 1 is 0.889 bits per heavy atom. The second kappa shape index (κ2) is 7.37. The topological polar surface area (TPSA) is 28.2 Å². The van der Waals surface area contributed by atoms with Crippen molar-refractivity contribution in [2.75, 3.05) is 32.5 Å². The average Bonchev–Trinajstić information content (AvgIpc) is 2.67. The van der Waals surface area contributed by atoms with Gasteiger partial charge >= 0.3 is 0 Å². The Balaban J connectivity index is 1.78. The molecule has 0 radical (unpaired) electrons. The molecule has 0 saturated heterocycles. The van der Waals surface area contributed by atoms with Crippen LogP contribution in [0.2, 0.25) is 0 Å². The Morgan fingerprint density at radius 3 is 2.52 bits per heavy atom. The minimum absolute atomic E-state index is 0.900. The quantitative estimate of drug-likeness (QED) is 0.524. The van der Waals surface area contributed by atoms with E-state index in [0.29, 0.717) is 0 Å². The SMILES string of the molecule is Cc1ccc2cc(-c3cc(NCCN(C)C)c4ccccc4n3)ccc2c1. The maximum absolute atomic E-state index is 4.92. The molecule has 0 bridgehead atoms. The van der Waals surface area contributed by atoms with Crippen LogP contribution in [0.4, 0.5) is 5.69 Å².